The fraction of sp³-hybridized carbons (Fsp3) is 0.357. The number of allylic oxidation sites excluding steroid dienone is 1. The van der Waals surface area contributed by atoms with Crippen LogP contribution >= 0.6 is 22.6 Å². The lowest BCUT2D eigenvalue weighted by Gasteiger charge is -2.21. The molecule has 0 heterocycles. The maximum absolute atomic E-state index is 3.82. The molecule has 0 saturated heterocycles. The van der Waals surface area contributed by atoms with Crippen LogP contribution in [0.15, 0.2) is 30.9 Å². The first kappa shape index (κ1) is 12.8. The summed E-state index contributed by atoms with van der Waals surface area (Å²) in [6.07, 6.45) is 1.91. The van der Waals surface area contributed by atoms with E-state index in [1.165, 1.54) is 20.6 Å². The molecule has 1 radical (unpaired) electrons. The van der Waals surface area contributed by atoms with Crippen LogP contribution in [-0.4, -0.2) is 0 Å². The predicted molar refractivity (Wildman–Crippen MR) is 76.1 cm³/mol. The zero-order chi connectivity index (χ0) is 11.6. The molecule has 0 fully saturated rings. The van der Waals surface area contributed by atoms with Gasteiger partial charge in [0.1, 0.15) is 0 Å². The lowest BCUT2D eigenvalue weighted by atomic mass is 9.85. The molecular weight excluding hydrogens is 295 g/mol. The molecule has 0 spiro atoms. The third-order valence-corrected chi connectivity index (χ3v) is 3.15. The van der Waals surface area contributed by atoms with E-state index in [4.69, 9.17) is 0 Å². The van der Waals surface area contributed by atoms with Gasteiger partial charge in [-0.2, -0.15) is 0 Å². The van der Waals surface area contributed by atoms with Crippen LogP contribution in [0.2, 0.25) is 0 Å². The average molecular weight is 313 g/mol. The molecule has 1 aromatic carbocycles. The van der Waals surface area contributed by atoms with Crippen molar-refractivity contribution in [1.82, 2.24) is 0 Å². The highest BCUT2D eigenvalue weighted by molar-refractivity contribution is 14.1. The van der Waals surface area contributed by atoms with Gasteiger partial charge in [0.05, 0.1) is 0 Å². The molecule has 0 atom stereocenters. The van der Waals surface area contributed by atoms with E-state index in [0.717, 1.165) is 0 Å². The quantitative estimate of drug-likeness (QED) is 0.693. The largest absolute Gasteiger partial charge is 0.102 e. The highest BCUT2D eigenvalue weighted by Crippen LogP contribution is 2.28. The van der Waals surface area contributed by atoms with Gasteiger partial charge in [0, 0.05) is 9.49 Å². The van der Waals surface area contributed by atoms with Crippen molar-refractivity contribution in [2.24, 2.45) is 0 Å². The molecule has 15 heavy (non-hydrogen) atoms. The number of halogens is 1. The molecule has 1 aromatic rings. The molecule has 0 aromatic heterocycles. The third-order valence-electron chi connectivity index (χ3n) is 2.53. The van der Waals surface area contributed by atoms with Gasteiger partial charge >= 0.3 is 0 Å². The van der Waals surface area contributed by atoms with E-state index in [2.05, 4.69) is 75.1 Å². The van der Waals surface area contributed by atoms with Gasteiger partial charge in [0.2, 0.25) is 0 Å². The summed E-state index contributed by atoms with van der Waals surface area (Å²) < 4.78 is 1.29. The molecule has 1 rings (SSSR count). The second-order valence-electron chi connectivity index (χ2n) is 4.87. The Labute approximate surface area is 107 Å². The van der Waals surface area contributed by atoms with E-state index in [1.807, 2.05) is 6.08 Å². The van der Waals surface area contributed by atoms with Crippen molar-refractivity contribution in [3.63, 3.8) is 0 Å². The second kappa shape index (κ2) is 4.69. The monoisotopic (exact) mass is 313 g/mol. The van der Waals surface area contributed by atoms with Crippen LogP contribution < -0.4 is 0 Å². The fourth-order valence-electron chi connectivity index (χ4n) is 1.37. The summed E-state index contributed by atoms with van der Waals surface area (Å²) in [4.78, 5) is 0. The molecular formula is C14H18I. The third kappa shape index (κ3) is 3.33. The SMILES string of the molecule is C=C[C](C)c1cc(I)cc(C(C)(C)C)c1. The molecule has 0 aliphatic heterocycles. The van der Waals surface area contributed by atoms with Gasteiger partial charge in [0.25, 0.3) is 0 Å². The highest BCUT2D eigenvalue weighted by atomic mass is 127. The van der Waals surface area contributed by atoms with Gasteiger partial charge in [-0.3, -0.25) is 0 Å². The van der Waals surface area contributed by atoms with E-state index in [-0.39, 0.29) is 5.41 Å². The average Bonchev–Trinajstić information content (AvgIpc) is 2.14. The Kier molecular flexibility index (Phi) is 3.99. The van der Waals surface area contributed by atoms with Gasteiger partial charge in [0.15, 0.2) is 0 Å². The van der Waals surface area contributed by atoms with E-state index in [9.17, 15) is 0 Å². The highest BCUT2D eigenvalue weighted by Gasteiger charge is 2.15. The first-order valence-electron chi connectivity index (χ1n) is 5.12. The normalized spacial score (nSPS) is 11.9. The molecule has 0 amide bonds. The first-order valence-corrected chi connectivity index (χ1v) is 6.20. The Morgan fingerprint density at radius 2 is 1.87 bits per heavy atom. The van der Waals surface area contributed by atoms with Crippen LogP contribution in [0, 0.1) is 9.49 Å². The zero-order valence-electron chi connectivity index (χ0n) is 9.89. The van der Waals surface area contributed by atoms with Crippen molar-refractivity contribution in [3.05, 3.63) is 51.5 Å². The molecule has 81 valence electrons. The van der Waals surface area contributed by atoms with Crippen molar-refractivity contribution < 1.29 is 0 Å². The van der Waals surface area contributed by atoms with Crippen molar-refractivity contribution >= 4 is 22.6 Å². The Hall–Kier alpha value is -0.310. The van der Waals surface area contributed by atoms with Crippen LogP contribution in [0.5, 0.6) is 0 Å². The van der Waals surface area contributed by atoms with Gasteiger partial charge in [-0.25, -0.2) is 0 Å². The summed E-state index contributed by atoms with van der Waals surface area (Å²) in [6, 6.07) is 6.71. The molecule has 0 bridgehead atoms. The fourth-order valence-corrected chi connectivity index (χ4v) is 2.04. The zero-order valence-corrected chi connectivity index (χ0v) is 12.1. The lowest BCUT2D eigenvalue weighted by Crippen LogP contribution is -2.12. The first-order chi connectivity index (χ1) is 6.84. The van der Waals surface area contributed by atoms with Crippen molar-refractivity contribution in [2.45, 2.75) is 33.1 Å². The topological polar surface area (TPSA) is 0 Å². The minimum absolute atomic E-state index is 0.206. The summed E-state index contributed by atoms with van der Waals surface area (Å²) in [7, 11) is 0. The summed E-state index contributed by atoms with van der Waals surface area (Å²) in [5, 5.41) is 0. The minimum Gasteiger partial charge on any atom is -0.102 e. The summed E-state index contributed by atoms with van der Waals surface area (Å²) >= 11 is 2.37. The Morgan fingerprint density at radius 3 is 2.33 bits per heavy atom. The molecule has 1 heteroatoms. The van der Waals surface area contributed by atoms with E-state index >= 15 is 0 Å². The predicted octanol–water partition coefficient (Wildman–Crippen LogP) is 4.72. The molecule has 0 nitrogen and oxygen atoms in total. The van der Waals surface area contributed by atoms with Crippen LogP contribution in [0.3, 0.4) is 0 Å². The maximum Gasteiger partial charge on any atom is 0.0230 e. The van der Waals surface area contributed by atoms with Gasteiger partial charge in [-0.15, -0.1) is 6.58 Å². The van der Waals surface area contributed by atoms with E-state index in [0.29, 0.717) is 0 Å². The van der Waals surface area contributed by atoms with Crippen LogP contribution in [0.1, 0.15) is 38.8 Å². The Morgan fingerprint density at radius 1 is 1.27 bits per heavy atom. The smallest absolute Gasteiger partial charge is 0.0230 e. The van der Waals surface area contributed by atoms with Crippen LogP contribution in [0.25, 0.3) is 0 Å². The standard InChI is InChI=1S/C14H18I/c1-6-10(2)11-7-12(14(3,4)5)9-13(15)8-11/h6-9H,1H2,2-5H3. The minimum atomic E-state index is 0.206. The molecule has 0 unspecified atom stereocenters. The van der Waals surface area contributed by atoms with Crippen molar-refractivity contribution in [3.8, 4) is 0 Å². The number of benzene rings is 1. The lowest BCUT2D eigenvalue weighted by molar-refractivity contribution is 0.589. The van der Waals surface area contributed by atoms with Gasteiger partial charge in [-0.05, 0) is 51.3 Å². The molecule has 0 N–H and O–H groups in total. The Bertz CT molecular complexity index is 358. The number of hydrogen-bond donors (Lipinski definition) is 0. The Balaban J connectivity index is 3.22. The molecule has 0 aliphatic carbocycles. The van der Waals surface area contributed by atoms with Gasteiger partial charge < -0.3 is 0 Å². The van der Waals surface area contributed by atoms with Gasteiger partial charge in [-0.1, -0.05) is 39.8 Å². The summed E-state index contributed by atoms with van der Waals surface area (Å²) in [6.45, 7) is 12.6. The van der Waals surface area contributed by atoms with Crippen LogP contribution in [-0.2, 0) is 5.41 Å². The van der Waals surface area contributed by atoms with E-state index in [1.54, 1.807) is 0 Å². The second-order valence-corrected chi connectivity index (χ2v) is 6.11. The van der Waals surface area contributed by atoms with Crippen molar-refractivity contribution in [1.29, 1.82) is 0 Å². The van der Waals surface area contributed by atoms with Crippen LogP contribution in [0.4, 0.5) is 0 Å². The summed E-state index contributed by atoms with van der Waals surface area (Å²) in [5.41, 5.74) is 2.87. The maximum atomic E-state index is 3.82. The molecule has 0 aliphatic rings. The summed E-state index contributed by atoms with van der Waals surface area (Å²) in [5.74, 6) is 1.24. The molecule has 0 saturated carbocycles. The van der Waals surface area contributed by atoms with Crippen molar-refractivity contribution in [2.75, 3.05) is 0 Å². The number of rotatable bonds is 2. The van der Waals surface area contributed by atoms with E-state index < -0.39 is 0 Å². The number of hydrogen-bond acceptors (Lipinski definition) is 0.